The number of halogens is 2. The second-order valence-corrected chi connectivity index (χ2v) is 5.02. The molecule has 0 atom stereocenters. The van der Waals surface area contributed by atoms with E-state index in [0.717, 1.165) is 13.0 Å². The summed E-state index contributed by atoms with van der Waals surface area (Å²) in [6, 6.07) is 7.77. The third-order valence-electron chi connectivity index (χ3n) is 2.71. The Kier molecular flexibility index (Phi) is 4.37. The summed E-state index contributed by atoms with van der Waals surface area (Å²) >= 11 is 3.23. The van der Waals surface area contributed by atoms with Crippen LogP contribution < -0.4 is 5.32 Å². The zero-order valence-corrected chi connectivity index (χ0v) is 12.1. The monoisotopic (exact) mass is 324 g/mol. The average Bonchev–Trinajstić information content (AvgIpc) is 2.81. The highest BCUT2D eigenvalue weighted by atomic mass is 79.9. The van der Waals surface area contributed by atoms with Gasteiger partial charge in [0.2, 0.25) is 0 Å². The third-order valence-corrected chi connectivity index (χ3v) is 3.36. The van der Waals surface area contributed by atoms with Crippen LogP contribution in [0.2, 0.25) is 0 Å². The number of carbonyl (C=O) groups excluding carboxylic acids is 1. The van der Waals surface area contributed by atoms with Gasteiger partial charge in [0.15, 0.2) is 0 Å². The first-order valence-electron chi connectivity index (χ1n) is 6.03. The lowest BCUT2D eigenvalue weighted by molar-refractivity contribution is 0.101. The largest absolute Gasteiger partial charge is 0.344 e. The zero-order chi connectivity index (χ0) is 13.8. The fourth-order valence-electron chi connectivity index (χ4n) is 1.83. The van der Waals surface area contributed by atoms with Gasteiger partial charge in [-0.3, -0.25) is 4.79 Å². The number of carbonyl (C=O) groups is 1. The van der Waals surface area contributed by atoms with Crippen molar-refractivity contribution in [3.8, 4) is 0 Å². The average molecular weight is 325 g/mol. The van der Waals surface area contributed by atoms with Crippen molar-refractivity contribution in [2.45, 2.75) is 19.9 Å². The second kappa shape index (κ2) is 6.02. The second-order valence-electron chi connectivity index (χ2n) is 4.17. The third kappa shape index (κ3) is 3.23. The topological polar surface area (TPSA) is 34.0 Å². The normalized spacial score (nSPS) is 10.5. The molecule has 1 aromatic heterocycles. The molecule has 1 N–H and O–H groups in total. The lowest BCUT2D eigenvalue weighted by atomic mass is 10.3. The molecule has 0 bridgehead atoms. The Labute approximate surface area is 119 Å². The summed E-state index contributed by atoms with van der Waals surface area (Å²) in [5.74, 6) is -0.551. The van der Waals surface area contributed by atoms with E-state index in [-0.39, 0.29) is 11.7 Å². The van der Waals surface area contributed by atoms with Gasteiger partial charge in [-0.15, -0.1) is 0 Å². The van der Waals surface area contributed by atoms with E-state index in [9.17, 15) is 9.18 Å². The Morgan fingerprint density at radius 3 is 2.89 bits per heavy atom. The minimum Gasteiger partial charge on any atom is -0.344 e. The molecular formula is C14H14BrFN2O. The molecule has 0 radical (unpaired) electrons. The first-order valence-corrected chi connectivity index (χ1v) is 6.82. The Morgan fingerprint density at radius 2 is 2.21 bits per heavy atom. The number of hydrogen-bond donors (Lipinski definition) is 1. The van der Waals surface area contributed by atoms with Crippen molar-refractivity contribution < 1.29 is 9.18 Å². The van der Waals surface area contributed by atoms with E-state index in [1.165, 1.54) is 18.2 Å². The van der Waals surface area contributed by atoms with E-state index in [4.69, 9.17) is 0 Å². The number of anilines is 1. The van der Waals surface area contributed by atoms with Crippen LogP contribution in [0.1, 0.15) is 23.8 Å². The lowest BCUT2D eigenvalue weighted by Gasteiger charge is -2.10. The Bertz CT molecular complexity index is 595. The number of rotatable bonds is 4. The molecule has 0 aliphatic rings. The molecule has 19 heavy (non-hydrogen) atoms. The molecule has 0 aliphatic heterocycles. The van der Waals surface area contributed by atoms with Crippen molar-refractivity contribution in [1.82, 2.24) is 4.57 Å². The summed E-state index contributed by atoms with van der Waals surface area (Å²) in [4.78, 5) is 12.2. The summed E-state index contributed by atoms with van der Waals surface area (Å²) in [6.07, 6.45) is 2.83. The first-order chi connectivity index (χ1) is 9.11. The number of nitrogens with zero attached hydrogens (tertiary/aromatic N) is 1. The van der Waals surface area contributed by atoms with Crippen molar-refractivity contribution in [3.05, 3.63) is 52.5 Å². The van der Waals surface area contributed by atoms with Crippen molar-refractivity contribution in [2.75, 3.05) is 5.32 Å². The van der Waals surface area contributed by atoms with Gasteiger partial charge in [0.25, 0.3) is 5.91 Å². The number of benzene rings is 1. The van der Waals surface area contributed by atoms with Gasteiger partial charge in [-0.1, -0.05) is 6.92 Å². The Hall–Kier alpha value is -1.62. The van der Waals surface area contributed by atoms with Crippen LogP contribution in [0.25, 0.3) is 0 Å². The number of nitrogens with one attached hydrogen (secondary N) is 1. The molecule has 2 aromatic rings. The van der Waals surface area contributed by atoms with Crippen molar-refractivity contribution in [2.24, 2.45) is 0 Å². The summed E-state index contributed by atoms with van der Waals surface area (Å²) in [6.45, 7) is 2.85. The minimum atomic E-state index is -0.348. The number of amides is 1. The van der Waals surface area contributed by atoms with Gasteiger partial charge in [-0.2, -0.15) is 0 Å². The molecule has 5 heteroatoms. The van der Waals surface area contributed by atoms with Crippen LogP contribution in [0.3, 0.4) is 0 Å². The molecule has 1 aromatic carbocycles. The molecular weight excluding hydrogens is 311 g/mol. The Balaban J connectivity index is 2.18. The van der Waals surface area contributed by atoms with Gasteiger partial charge >= 0.3 is 0 Å². The zero-order valence-electron chi connectivity index (χ0n) is 10.5. The van der Waals surface area contributed by atoms with Gasteiger partial charge in [0, 0.05) is 17.2 Å². The maximum atomic E-state index is 13.0. The highest BCUT2D eigenvalue weighted by molar-refractivity contribution is 9.10. The molecule has 0 aliphatic carbocycles. The standard InChI is InChI=1S/C14H14BrFN2O/c1-2-7-18-8-3-4-13(18)14(19)17-12-6-5-10(16)9-11(12)15/h3-6,8-9H,2,7H2,1H3,(H,17,19). The van der Waals surface area contributed by atoms with Crippen LogP contribution in [0, 0.1) is 5.82 Å². The summed E-state index contributed by atoms with van der Waals surface area (Å²) in [5.41, 5.74) is 1.15. The van der Waals surface area contributed by atoms with Crippen molar-refractivity contribution in [1.29, 1.82) is 0 Å². The van der Waals surface area contributed by atoms with E-state index >= 15 is 0 Å². The molecule has 3 nitrogen and oxygen atoms in total. The smallest absolute Gasteiger partial charge is 0.272 e. The highest BCUT2D eigenvalue weighted by Gasteiger charge is 2.12. The van der Waals surface area contributed by atoms with Crippen LogP contribution in [0.4, 0.5) is 10.1 Å². The predicted molar refractivity (Wildman–Crippen MR) is 76.8 cm³/mol. The quantitative estimate of drug-likeness (QED) is 0.904. The van der Waals surface area contributed by atoms with Crippen LogP contribution in [0.15, 0.2) is 41.0 Å². The summed E-state index contributed by atoms with van der Waals surface area (Å²) < 4.78 is 15.4. The van der Waals surface area contributed by atoms with Gasteiger partial charge < -0.3 is 9.88 Å². The molecule has 0 fully saturated rings. The van der Waals surface area contributed by atoms with E-state index in [1.807, 2.05) is 16.8 Å². The molecule has 0 spiro atoms. The van der Waals surface area contributed by atoms with Gasteiger partial charge in [-0.05, 0) is 52.7 Å². The fraction of sp³-hybridized carbons (Fsp3) is 0.214. The molecule has 2 rings (SSSR count). The number of aryl methyl sites for hydroxylation is 1. The molecule has 0 saturated carbocycles. The molecule has 1 heterocycles. The fourth-order valence-corrected chi connectivity index (χ4v) is 2.28. The van der Waals surface area contributed by atoms with Crippen LogP contribution in [-0.4, -0.2) is 10.5 Å². The van der Waals surface area contributed by atoms with Gasteiger partial charge in [0.1, 0.15) is 11.5 Å². The van der Waals surface area contributed by atoms with Gasteiger partial charge in [-0.25, -0.2) is 4.39 Å². The molecule has 100 valence electrons. The van der Waals surface area contributed by atoms with E-state index in [2.05, 4.69) is 28.2 Å². The summed E-state index contributed by atoms with van der Waals surface area (Å²) in [7, 11) is 0. The van der Waals surface area contributed by atoms with E-state index in [0.29, 0.717) is 15.9 Å². The molecule has 1 amide bonds. The molecule has 0 saturated heterocycles. The highest BCUT2D eigenvalue weighted by Crippen LogP contribution is 2.23. The maximum Gasteiger partial charge on any atom is 0.272 e. The predicted octanol–water partition coefficient (Wildman–Crippen LogP) is 4.05. The minimum absolute atomic E-state index is 0.203. The number of hydrogen-bond acceptors (Lipinski definition) is 1. The lowest BCUT2D eigenvalue weighted by Crippen LogP contribution is -2.17. The summed E-state index contributed by atoms with van der Waals surface area (Å²) in [5, 5.41) is 2.77. The number of aromatic nitrogens is 1. The first kappa shape index (κ1) is 13.8. The van der Waals surface area contributed by atoms with Crippen LogP contribution in [0.5, 0.6) is 0 Å². The van der Waals surface area contributed by atoms with E-state index < -0.39 is 0 Å². The SMILES string of the molecule is CCCn1cccc1C(=O)Nc1ccc(F)cc1Br. The van der Waals surface area contributed by atoms with Crippen molar-refractivity contribution in [3.63, 3.8) is 0 Å². The maximum absolute atomic E-state index is 13.0. The van der Waals surface area contributed by atoms with Gasteiger partial charge in [0.05, 0.1) is 5.69 Å². The molecule has 0 unspecified atom stereocenters. The van der Waals surface area contributed by atoms with Crippen LogP contribution in [-0.2, 0) is 6.54 Å². The van der Waals surface area contributed by atoms with E-state index in [1.54, 1.807) is 6.07 Å². The Morgan fingerprint density at radius 1 is 1.42 bits per heavy atom. The van der Waals surface area contributed by atoms with Crippen molar-refractivity contribution >= 4 is 27.5 Å². The van der Waals surface area contributed by atoms with Crippen LogP contribution >= 0.6 is 15.9 Å².